The van der Waals surface area contributed by atoms with E-state index in [9.17, 15) is 0 Å². The largest absolute Gasteiger partial charge is 0.557 e. The van der Waals surface area contributed by atoms with E-state index in [2.05, 4.69) is 134 Å². The van der Waals surface area contributed by atoms with Gasteiger partial charge in [-0.25, -0.2) is 0 Å². The zero-order valence-corrected chi connectivity index (χ0v) is 31.5. The third-order valence-corrected chi connectivity index (χ3v) is 9.14. The zero-order valence-electron chi connectivity index (χ0n) is 29.1. The number of nitrogens with zero attached hydrogens (tertiary/aromatic N) is 3. The molecule has 1 radical (unpaired) electrons. The molecule has 0 amide bonds. The van der Waals surface area contributed by atoms with E-state index >= 15 is 0 Å². The average molecular weight is 850 g/mol. The SMILES string of the molecule is Cc1cc(C)c(-c2ccc3o[c-]c(-c4nc5ccccc5n4-c4ccc(-c5ccccc5)cc4)c3c2)c(C)c1.[Ir].[c-]1ccccc1-c1ccccn1. The van der Waals surface area contributed by atoms with Crippen molar-refractivity contribution in [3.63, 3.8) is 0 Å². The smallest absolute Gasteiger partial charge is 0.0774 e. The number of furan rings is 1. The van der Waals surface area contributed by atoms with Crippen LogP contribution in [-0.4, -0.2) is 14.5 Å². The van der Waals surface area contributed by atoms with Gasteiger partial charge in [-0.2, -0.15) is 0 Å². The maximum absolute atomic E-state index is 5.96. The first kappa shape index (κ1) is 34.6. The van der Waals surface area contributed by atoms with E-state index in [-0.39, 0.29) is 20.1 Å². The zero-order chi connectivity index (χ0) is 34.7. The number of hydrogen-bond acceptors (Lipinski definition) is 3. The van der Waals surface area contributed by atoms with Gasteiger partial charge in [-0.3, -0.25) is 4.98 Å². The molecule has 0 spiro atoms. The van der Waals surface area contributed by atoms with Crippen LogP contribution in [0.15, 0.2) is 162 Å². The molecule has 0 N–H and O–H groups in total. The minimum absolute atomic E-state index is 0. The Bertz CT molecular complexity index is 2530. The van der Waals surface area contributed by atoms with Crippen LogP contribution in [-0.2, 0) is 20.1 Å². The number of aromatic nitrogens is 3. The Balaban J connectivity index is 0.000000275. The minimum atomic E-state index is 0. The molecule has 0 aliphatic heterocycles. The van der Waals surface area contributed by atoms with Gasteiger partial charge in [0, 0.05) is 43.8 Å². The van der Waals surface area contributed by atoms with Crippen LogP contribution in [0.2, 0.25) is 0 Å². The fraction of sp³-hybridized carbons (Fsp3) is 0.0638. The number of pyridine rings is 1. The molecule has 0 saturated carbocycles. The summed E-state index contributed by atoms with van der Waals surface area (Å²) < 4.78 is 8.17. The summed E-state index contributed by atoms with van der Waals surface area (Å²) in [5, 5.41) is 1.00. The van der Waals surface area contributed by atoms with Gasteiger partial charge in [0.1, 0.15) is 0 Å². The molecule has 0 bridgehead atoms. The van der Waals surface area contributed by atoms with Crippen LogP contribution >= 0.6 is 0 Å². The Morgan fingerprint density at radius 1 is 0.635 bits per heavy atom. The standard InChI is InChI=1S/C36H27N2O.C11H8N.Ir/c1-23-19-24(2)35(25(3)20-23)28-15-18-34-30(21-28)31(22-39-34)36-37-32-11-7-8-12-33(32)38(36)29-16-13-27(14-17-29)26-9-5-4-6-10-26;1-2-6-10(7-3-1)11-8-4-5-9-12-11;/h4-21H,1-3H3;1-6,8-9H;/q2*-1;. The van der Waals surface area contributed by atoms with E-state index in [1.165, 1.54) is 38.9 Å². The van der Waals surface area contributed by atoms with Crippen molar-refractivity contribution in [2.75, 3.05) is 0 Å². The molecule has 52 heavy (non-hydrogen) atoms. The summed E-state index contributed by atoms with van der Waals surface area (Å²) in [6.45, 7) is 6.51. The van der Waals surface area contributed by atoms with Crippen LogP contribution in [0.5, 0.6) is 0 Å². The second-order valence-electron chi connectivity index (χ2n) is 12.7. The second kappa shape index (κ2) is 15.2. The molecule has 0 saturated heterocycles. The van der Waals surface area contributed by atoms with Crippen molar-refractivity contribution in [3.8, 4) is 50.6 Å². The number of imidazole rings is 1. The van der Waals surface area contributed by atoms with Crippen LogP contribution in [0.3, 0.4) is 0 Å². The van der Waals surface area contributed by atoms with E-state index in [0.29, 0.717) is 0 Å². The summed E-state index contributed by atoms with van der Waals surface area (Å²) in [7, 11) is 0. The van der Waals surface area contributed by atoms with Crippen LogP contribution in [0.25, 0.3) is 72.6 Å². The van der Waals surface area contributed by atoms with Crippen molar-refractivity contribution in [2.45, 2.75) is 20.8 Å². The first-order valence-electron chi connectivity index (χ1n) is 17.1. The van der Waals surface area contributed by atoms with Crippen molar-refractivity contribution >= 4 is 22.0 Å². The summed E-state index contributed by atoms with van der Waals surface area (Å²) in [6.07, 6.45) is 4.98. The molecule has 4 nitrogen and oxygen atoms in total. The maximum atomic E-state index is 5.96. The average Bonchev–Trinajstić information content (AvgIpc) is 3.77. The molecule has 3 aromatic heterocycles. The molecule has 5 heteroatoms. The fourth-order valence-corrected chi connectivity index (χ4v) is 6.90. The molecule has 9 rings (SSSR count). The van der Waals surface area contributed by atoms with E-state index in [0.717, 1.165) is 50.3 Å². The van der Waals surface area contributed by atoms with Crippen molar-refractivity contribution < 1.29 is 24.5 Å². The minimum Gasteiger partial charge on any atom is -0.557 e. The molecule has 0 aliphatic carbocycles. The molecule has 0 atom stereocenters. The van der Waals surface area contributed by atoms with Crippen LogP contribution in [0.4, 0.5) is 0 Å². The van der Waals surface area contributed by atoms with Crippen LogP contribution in [0.1, 0.15) is 16.7 Å². The Kier molecular flexibility index (Phi) is 10.1. The third-order valence-electron chi connectivity index (χ3n) is 9.14. The summed E-state index contributed by atoms with van der Waals surface area (Å²) in [5.74, 6) is 0.817. The molecule has 0 aliphatic rings. The summed E-state index contributed by atoms with van der Waals surface area (Å²) in [4.78, 5) is 9.30. The predicted molar refractivity (Wildman–Crippen MR) is 209 cm³/mol. The van der Waals surface area contributed by atoms with Crippen molar-refractivity contribution in [2.24, 2.45) is 0 Å². The van der Waals surface area contributed by atoms with Gasteiger partial charge >= 0.3 is 0 Å². The molecule has 0 fully saturated rings. The number of rotatable bonds is 5. The fourth-order valence-electron chi connectivity index (χ4n) is 6.90. The van der Waals surface area contributed by atoms with E-state index in [4.69, 9.17) is 9.40 Å². The molecule has 9 aromatic rings. The van der Waals surface area contributed by atoms with Crippen molar-refractivity contribution in [1.82, 2.24) is 14.5 Å². The monoisotopic (exact) mass is 850 g/mol. The topological polar surface area (TPSA) is 43.9 Å². The first-order valence-corrected chi connectivity index (χ1v) is 17.1. The first-order chi connectivity index (χ1) is 25.0. The van der Waals surface area contributed by atoms with Crippen LogP contribution in [0, 0.1) is 33.1 Å². The molecule has 6 aromatic carbocycles. The molecule has 3 heterocycles. The Morgan fingerprint density at radius 2 is 1.33 bits per heavy atom. The quantitative estimate of drug-likeness (QED) is 0.162. The number of aryl methyl sites for hydroxylation is 3. The number of fused-ring (bicyclic) bond motifs is 2. The normalized spacial score (nSPS) is 10.8. The maximum Gasteiger partial charge on any atom is 0.0774 e. The van der Waals surface area contributed by atoms with Gasteiger partial charge in [0.15, 0.2) is 0 Å². The Labute approximate surface area is 317 Å². The number of para-hydroxylation sites is 2. The van der Waals surface area contributed by atoms with Gasteiger partial charge in [0.25, 0.3) is 0 Å². The van der Waals surface area contributed by atoms with Gasteiger partial charge in [-0.05, 0) is 90.2 Å². The van der Waals surface area contributed by atoms with E-state index < -0.39 is 0 Å². The van der Waals surface area contributed by atoms with E-state index in [1.54, 1.807) is 6.20 Å². The molecule has 0 unspecified atom stereocenters. The molecular weight excluding hydrogens is 815 g/mol. The summed E-state index contributed by atoms with van der Waals surface area (Å²) >= 11 is 0. The van der Waals surface area contributed by atoms with E-state index in [1.807, 2.05) is 60.7 Å². The predicted octanol–water partition coefficient (Wildman–Crippen LogP) is 12.0. The van der Waals surface area contributed by atoms with Gasteiger partial charge in [-0.1, -0.05) is 114 Å². The van der Waals surface area contributed by atoms with Gasteiger partial charge in [0.2, 0.25) is 0 Å². The van der Waals surface area contributed by atoms with Gasteiger partial charge in [0.05, 0.1) is 16.9 Å². The number of benzene rings is 6. The second-order valence-corrected chi connectivity index (χ2v) is 12.7. The Morgan fingerprint density at radius 3 is 2.06 bits per heavy atom. The number of hydrogen-bond donors (Lipinski definition) is 0. The molecule has 255 valence electrons. The summed E-state index contributed by atoms with van der Waals surface area (Å²) in [6, 6.07) is 55.1. The van der Waals surface area contributed by atoms with Gasteiger partial charge < -0.3 is 14.0 Å². The van der Waals surface area contributed by atoms with Crippen LogP contribution < -0.4 is 0 Å². The van der Waals surface area contributed by atoms with Crippen molar-refractivity contribution in [3.05, 3.63) is 187 Å². The molecular formula is C47H35IrN3O-2. The van der Waals surface area contributed by atoms with Crippen molar-refractivity contribution in [1.29, 1.82) is 0 Å². The summed E-state index contributed by atoms with van der Waals surface area (Å²) in [5.41, 5.74) is 15.3. The Hall–Kier alpha value is -5.87. The van der Waals surface area contributed by atoms with Gasteiger partial charge in [-0.15, -0.1) is 35.9 Å². The third kappa shape index (κ3) is 6.89.